The molecule has 110 valence electrons. The van der Waals surface area contributed by atoms with Crippen molar-refractivity contribution in [2.75, 3.05) is 13.2 Å². The summed E-state index contributed by atoms with van der Waals surface area (Å²) in [6.07, 6.45) is 0. The molecule has 1 aliphatic heterocycles. The zero-order chi connectivity index (χ0) is 14.8. The SMILES string of the molecule is Cc1nnc(Sc2ccc3c(c2)OCCO3)c(CN)c1C. The summed E-state index contributed by atoms with van der Waals surface area (Å²) in [4.78, 5) is 1.03. The van der Waals surface area contributed by atoms with Crippen molar-refractivity contribution in [1.29, 1.82) is 0 Å². The number of aromatic nitrogens is 2. The van der Waals surface area contributed by atoms with Crippen molar-refractivity contribution in [3.8, 4) is 11.5 Å². The highest BCUT2D eigenvalue weighted by Crippen LogP contribution is 2.37. The number of fused-ring (bicyclic) bond motifs is 1. The zero-order valence-corrected chi connectivity index (χ0v) is 12.9. The van der Waals surface area contributed by atoms with Gasteiger partial charge in [0.15, 0.2) is 11.5 Å². The van der Waals surface area contributed by atoms with Crippen LogP contribution < -0.4 is 15.2 Å². The molecule has 0 bridgehead atoms. The largest absolute Gasteiger partial charge is 0.486 e. The highest BCUT2D eigenvalue weighted by Gasteiger charge is 2.15. The van der Waals surface area contributed by atoms with E-state index in [4.69, 9.17) is 15.2 Å². The molecule has 3 rings (SSSR count). The Balaban J connectivity index is 1.92. The van der Waals surface area contributed by atoms with Gasteiger partial charge in [-0.05, 0) is 37.6 Å². The highest BCUT2D eigenvalue weighted by molar-refractivity contribution is 7.99. The van der Waals surface area contributed by atoms with E-state index in [9.17, 15) is 0 Å². The molecule has 0 amide bonds. The Bertz CT molecular complexity index is 676. The van der Waals surface area contributed by atoms with Crippen molar-refractivity contribution in [2.45, 2.75) is 30.3 Å². The fourth-order valence-corrected chi connectivity index (χ4v) is 3.12. The molecule has 21 heavy (non-hydrogen) atoms. The number of nitrogens with two attached hydrogens (primary N) is 1. The zero-order valence-electron chi connectivity index (χ0n) is 12.0. The number of aryl methyl sites for hydroxylation is 1. The van der Waals surface area contributed by atoms with Gasteiger partial charge in [0.05, 0.1) is 5.69 Å². The predicted molar refractivity (Wildman–Crippen MR) is 81.0 cm³/mol. The van der Waals surface area contributed by atoms with Crippen molar-refractivity contribution >= 4 is 11.8 Å². The van der Waals surface area contributed by atoms with E-state index in [1.165, 1.54) is 0 Å². The minimum atomic E-state index is 0.453. The van der Waals surface area contributed by atoms with Crippen molar-refractivity contribution < 1.29 is 9.47 Å². The molecule has 6 heteroatoms. The van der Waals surface area contributed by atoms with Gasteiger partial charge < -0.3 is 15.2 Å². The summed E-state index contributed by atoms with van der Waals surface area (Å²) in [7, 11) is 0. The summed E-state index contributed by atoms with van der Waals surface area (Å²) in [5, 5.41) is 9.31. The van der Waals surface area contributed by atoms with Crippen molar-refractivity contribution in [1.82, 2.24) is 10.2 Å². The van der Waals surface area contributed by atoms with Gasteiger partial charge in [0.25, 0.3) is 0 Å². The second-order valence-electron chi connectivity index (χ2n) is 4.81. The number of ether oxygens (including phenoxy) is 2. The molecule has 0 saturated heterocycles. The van der Waals surface area contributed by atoms with Crippen LogP contribution in [-0.4, -0.2) is 23.4 Å². The average Bonchev–Trinajstić information content (AvgIpc) is 2.51. The minimum Gasteiger partial charge on any atom is -0.486 e. The van der Waals surface area contributed by atoms with Crippen molar-refractivity contribution in [2.24, 2.45) is 5.73 Å². The lowest BCUT2D eigenvalue weighted by Gasteiger charge is -2.19. The van der Waals surface area contributed by atoms with E-state index in [-0.39, 0.29) is 0 Å². The van der Waals surface area contributed by atoms with Crippen LogP contribution >= 0.6 is 11.8 Å². The van der Waals surface area contributed by atoms with Gasteiger partial charge in [-0.1, -0.05) is 11.8 Å². The molecular weight excluding hydrogens is 286 g/mol. The molecule has 1 aliphatic rings. The van der Waals surface area contributed by atoms with Crippen LogP contribution in [0.3, 0.4) is 0 Å². The number of hydrogen-bond donors (Lipinski definition) is 1. The first-order valence-electron chi connectivity index (χ1n) is 6.79. The topological polar surface area (TPSA) is 70.3 Å². The Morgan fingerprint density at radius 3 is 2.67 bits per heavy atom. The monoisotopic (exact) mass is 303 g/mol. The second-order valence-corrected chi connectivity index (χ2v) is 5.87. The molecule has 2 aromatic rings. The highest BCUT2D eigenvalue weighted by atomic mass is 32.2. The maximum Gasteiger partial charge on any atom is 0.162 e. The predicted octanol–water partition coefficient (Wildman–Crippen LogP) is 2.47. The fourth-order valence-electron chi connectivity index (χ4n) is 2.16. The van der Waals surface area contributed by atoms with Gasteiger partial charge in [-0.3, -0.25) is 0 Å². The van der Waals surface area contributed by atoms with Gasteiger partial charge in [-0.2, -0.15) is 5.10 Å². The summed E-state index contributed by atoms with van der Waals surface area (Å²) in [6, 6.07) is 5.89. The van der Waals surface area contributed by atoms with E-state index in [1.807, 2.05) is 32.0 Å². The summed E-state index contributed by atoms with van der Waals surface area (Å²) >= 11 is 1.55. The smallest absolute Gasteiger partial charge is 0.162 e. The molecule has 2 heterocycles. The first kappa shape index (κ1) is 14.2. The Morgan fingerprint density at radius 1 is 1.14 bits per heavy atom. The first-order chi connectivity index (χ1) is 10.2. The Labute approximate surface area is 127 Å². The normalized spacial score (nSPS) is 13.3. The lowest BCUT2D eigenvalue weighted by molar-refractivity contribution is 0.171. The quantitative estimate of drug-likeness (QED) is 0.939. The average molecular weight is 303 g/mol. The van der Waals surface area contributed by atoms with Crippen LogP contribution in [-0.2, 0) is 6.54 Å². The lowest BCUT2D eigenvalue weighted by Crippen LogP contribution is -2.15. The van der Waals surface area contributed by atoms with Crippen LogP contribution in [0.4, 0.5) is 0 Å². The molecule has 0 saturated carbocycles. The third-order valence-corrected chi connectivity index (χ3v) is 4.49. The molecule has 0 spiro atoms. The molecule has 0 radical (unpaired) electrons. The van der Waals surface area contributed by atoms with E-state index < -0.39 is 0 Å². The molecule has 0 aliphatic carbocycles. The molecule has 5 nitrogen and oxygen atoms in total. The third kappa shape index (κ3) is 2.82. The van der Waals surface area contributed by atoms with E-state index in [0.29, 0.717) is 19.8 Å². The molecular formula is C15H17N3O2S. The summed E-state index contributed by atoms with van der Waals surface area (Å²) in [6.45, 7) is 5.60. The maximum absolute atomic E-state index is 5.86. The van der Waals surface area contributed by atoms with Gasteiger partial charge in [-0.25, -0.2) is 0 Å². The third-order valence-electron chi connectivity index (χ3n) is 3.48. The Hall–Kier alpha value is -1.79. The Morgan fingerprint density at radius 2 is 1.90 bits per heavy atom. The molecule has 1 aromatic heterocycles. The van der Waals surface area contributed by atoms with E-state index in [2.05, 4.69) is 10.2 Å². The molecule has 1 aromatic carbocycles. The van der Waals surface area contributed by atoms with Gasteiger partial charge in [-0.15, -0.1) is 5.10 Å². The second kappa shape index (κ2) is 5.91. The van der Waals surface area contributed by atoms with E-state index >= 15 is 0 Å². The number of rotatable bonds is 3. The van der Waals surface area contributed by atoms with E-state index in [1.54, 1.807) is 11.8 Å². The van der Waals surface area contributed by atoms with Gasteiger partial charge in [0, 0.05) is 17.0 Å². The summed E-state index contributed by atoms with van der Waals surface area (Å²) in [5.41, 5.74) is 8.93. The fraction of sp³-hybridized carbons (Fsp3) is 0.333. The van der Waals surface area contributed by atoms with Gasteiger partial charge >= 0.3 is 0 Å². The van der Waals surface area contributed by atoms with Crippen LogP contribution in [0.2, 0.25) is 0 Å². The van der Waals surface area contributed by atoms with Crippen LogP contribution in [0.15, 0.2) is 28.1 Å². The van der Waals surface area contributed by atoms with Crippen molar-refractivity contribution in [3.05, 3.63) is 35.0 Å². The first-order valence-corrected chi connectivity index (χ1v) is 7.61. The van der Waals surface area contributed by atoms with Crippen LogP contribution in [0.5, 0.6) is 11.5 Å². The molecule has 2 N–H and O–H groups in total. The number of hydrogen-bond acceptors (Lipinski definition) is 6. The molecule has 0 atom stereocenters. The lowest BCUT2D eigenvalue weighted by atomic mass is 10.1. The maximum atomic E-state index is 5.86. The van der Waals surface area contributed by atoms with Crippen LogP contribution in [0.1, 0.15) is 16.8 Å². The molecule has 0 fully saturated rings. The number of nitrogens with zero attached hydrogens (tertiary/aromatic N) is 2. The van der Waals surface area contributed by atoms with Gasteiger partial charge in [0.1, 0.15) is 18.2 Å². The molecule has 0 unspecified atom stereocenters. The van der Waals surface area contributed by atoms with E-state index in [0.717, 1.165) is 38.2 Å². The van der Waals surface area contributed by atoms with Crippen molar-refractivity contribution in [3.63, 3.8) is 0 Å². The summed E-state index contributed by atoms with van der Waals surface area (Å²) in [5.74, 6) is 1.56. The van der Waals surface area contributed by atoms with Gasteiger partial charge in [0.2, 0.25) is 0 Å². The summed E-state index contributed by atoms with van der Waals surface area (Å²) < 4.78 is 11.1. The standard InChI is InChI=1S/C15H17N3O2S/c1-9-10(2)17-18-15(12(9)8-16)21-11-3-4-13-14(7-11)20-6-5-19-13/h3-4,7H,5-6,8,16H2,1-2H3. The minimum absolute atomic E-state index is 0.453. The Kier molecular flexibility index (Phi) is 3.98. The number of benzene rings is 1. The van der Waals surface area contributed by atoms with Crippen LogP contribution in [0, 0.1) is 13.8 Å². The van der Waals surface area contributed by atoms with Crippen LogP contribution in [0.25, 0.3) is 0 Å².